The molecule has 2 heterocycles. The molecule has 2 N–H and O–H groups in total. The van der Waals surface area contributed by atoms with Gasteiger partial charge in [-0.3, -0.25) is 9.89 Å². The summed E-state index contributed by atoms with van der Waals surface area (Å²) in [6, 6.07) is 2.48. The van der Waals surface area contributed by atoms with Crippen LogP contribution in [0.5, 0.6) is 0 Å². The standard InChI is InChI=1S/C19H33N7/c1-2-20-18(24-17-7-3-4-8-17)21-11-6-12-25-13-15-26(16-14-25)19-22-9-5-10-23-19/h5,9-10,17H,2-4,6-8,11-16H2,1H3,(H2,20,21,24). The third kappa shape index (κ3) is 5.83. The number of rotatable bonds is 7. The zero-order valence-corrected chi connectivity index (χ0v) is 16.0. The van der Waals surface area contributed by atoms with E-state index in [0.29, 0.717) is 6.04 Å². The maximum absolute atomic E-state index is 4.76. The predicted molar refractivity (Wildman–Crippen MR) is 107 cm³/mol. The Hall–Kier alpha value is -1.89. The Bertz CT molecular complexity index is 534. The van der Waals surface area contributed by atoms with Crippen LogP contribution in [0.2, 0.25) is 0 Å². The van der Waals surface area contributed by atoms with Crippen molar-refractivity contribution in [3.05, 3.63) is 18.5 Å². The van der Waals surface area contributed by atoms with E-state index in [1.54, 1.807) is 0 Å². The molecule has 2 aliphatic rings. The summed E-state index contributed by atoms with van der Waals surface area (Å²) >= 11 is 0. The number of hydrogen-bond acceptors (Lipinski definition) is 5. The second-order valence-electron chi connectivity index (χ2n) is 7.12. The summed E-state index contributed by atoms with van der Waals surface area (Å²) in [4.78, 5) is 18.2. The summed E-state index contributed by atoms with van der Waals surface area (Å²) in [6.07, 6.45) is 9.97. The molecule has 0 bridgehead atoms. The van der Waals surface area contributed by atoms with Crippen molar-refractivity contribution in [2.45, 2.75) is 45.1 Å². The van der Waals surface area contributed by atoms with Gasteiger partial charge in [0.05, 0.1) is 0 Å². The zero-order valence-electron chi connectivity index (χ0n) is 16.0. The summed E-state index contributed by atoms with van der Waals surface area (Å²) in [6.45, 7) is 9.17. The van der Waals surface area contributed by atoms with Crippen molar-refractivity contribution in [1.82, 2.24) is 25.5 Å². The van der Waals surface area contributed by atoms with Crippen molar-refractivity contribution in [1.29, 1.82) is 0 Å². The Labute approximate surface area is 157 Å². The summed E-state index contributed by atoms with van der Waals surface area (Å²) in [5.41, 5.74) is 0. The lowest BCUT2D eigenvalue weighted by molar-refractivity contribution is 0.255. The summed E-state index contributed by atoms with van der Waals surface area (Å²) in [5.74, 6) is 1.84. The number of piperazine rings is 1. The molecule has 7 nitrogen and oxygen atoms in total. The number of nitrogens with zero attached hydrogens (tertiary/aromatic N) is 5. The highest BCUT2D eigenvalue weighted by atomic mass is 15.3. The molecule has 1 aromatic rings. The lowest BCUT2D eigenvalue weighted by Gasteiger charge is -2.34. The molecular weight excluding hydrogens is 326 g/mol. The van der Waals surface area contributed by atoms with Gasteiger partial charge in [0, 0.05) is 64.2 Å². The van der Waals surface area contributed by atoms with Crippen molar-refractivity contribution >= 4 is 11.9 Å². The fourth-order valence-electron chi connectivity index (χ4n) is 3.69. The van der Waals surface area contributed by atoms with Crippen molar-refractivity contribution in [3.8, 4) is 0 Å². The van der Waals surface area contributed by atoms with Crippen molar-refractivity contribution in [2.24, 2.45) is 4.99 Å². The first-order valence-corrected chi connectivity index (χ1v) is 10.1. The van der Waals surface area contributed by atoms with Crippen molar-refractivity contribution < 1.29 is 0 Å². The van der Waals surface area contributed by atoms with Crippen LogP contribution in [-0.2, 0) is 0 Å². The number of anilines is 1. The van der Waals surface area contributed by atoms with Gasteiger partial charge in [0.25, 0.3) is 0 Å². The maximum atomic E-state index is 4.76. The first-order valence-electron chi connectivity index (χ1n) is 10.1. The van der Waals surface area contributed by atoms with Gasteiger partial charge in [-0.15, -0.1) is 0 Å². The molecule has 1 saturated carbocycles. The second kappa shape index (κ2) is 10.3. The van der Waals surface area contributed by atoms with Gasteiger partial charge in [-0.25, -0.2) is 9.97 Å². The quantitative estimate of drug-likeness (QED) is 0.437. The molecule has 1 aliphatic carbocycles. The smallest absolute Gasteiger partial charge is 0.225 e. The Morgan fingerprint density at radius 1 is 1.15 bits per heavy atom. The largest absolute Gasteiger partial charge is 0.357 e. The van der Waals surface area contributed by atoms with E-state index in [9.17, 15) is 0 Å². The molecule has 3 rings (SSSR count). The maximum Gasteiger partial charge on any atom is 0.225 e. The van der Waals surface area contributed by atoms with E-state index in [-0.39, 0.29) is 0 Å². The highest BCUT2D eigenvalue weighted by Crippen LogP contribution is 2.17. The molecule has 0 unspecified atom stereocenters. The van der Waals surface area contributed by atoms with E-state index in [2.05, 4.69) is 37.3 Å². The minimum atomic E-state index is 0.612. The predicted octanol–water partition coefficient (Wildman–Crippen LogP) is 1.49. The minimum absolute atomic E-state index is 0.612. The fraction of sp³-hybridized carbons (Fsp3) is 0.737. The Balaban J connectivity index is 1.35. The van der Waals surface area contributed by atoms with E-state index < -0.39 is 0 Å². The molecule has 26 heavy (non-hydrogen) atoms. The first kappa shape index (κ1) is 18.9. The van der Waals surface area contributed by atoms with Gasteiger partial charge in [0.1, 0.15) is 0 Å². The van der Waals surface area contributed by atoms with Crippen LogP contribution in [0.1, 0.15) is 39.0 Å². The molecule has 2 fully saturated rings. The molecule has 1 aliphatic heterocycles. The van der Waals surface area contributed by atoms with Crippen LogP contribution in [-0.4, -0.2) is 72.7 Å². The van der Waals surface area contributed by atoms with Gasteiger partial charge in [-0.1, -0.05) is 12.8 Å². The van der Waals surface area contributed by atoms with Gasteiger partial charge in [0.15, 0.2) is 5.96 Å². The summed E-state index contributed by atoms with van der Waals surface area (Å²) in [5, 5.41) is 6.96. The number of guanidine groups is 1. The summed E-state index contributed by atoms with van der Waals surface area (Å²) < 4.78 is 0. The van der Waals surface area contributed by atoms with E-state index in [4.69, 9.17) is 4.99 Å². The molecular formula is C19H33N7. The molecule has 1 aromatic heterocycles. The minimum Gasteiger partial charge on any atom is -0.357 e. The number of hydrogen-bond donors (Lipinski definition) is 2. The van der Waals surface area contributed by atoms with E-state index in [1.165, 1.54) is 25.7 Å². The van der Waals surface area contributed by atoms with E-state index in [1.807, 2.05) is 18.5 Å². The average Bonchev–Trinajstić information content (AvgIpc) is 3.19. The van der Waals surface area contributed by atoms with Gasteiger partial charge >= 0.3 is 0 Å². The van der Waals surface area contributed by atoms with Crippen LogP contribution in [0, 0.1) is 0 Å². The average molecular weight is 360 g/mol. The lowest BCUT2D eigenvalue weighted by atomic mass is 10.2. The van der Waals surface area contributed by atoms with Gasteiger partial charge in [0.2, 0.25) is 5.95 Å². The molecule has 0 aromatic carbocycles. The second-order valence-corrected chi connectivity index (χ2v) is 7.12. The molecule has 7 heteroatoms. The molecule has 0 atom stereocenters. The number of nitrogens with one attached hydrogen (secondary N) is 2. The number of aliphatic imine (C=N–C) groups is 1. The normalized spacial score (nSPS) is 19.7. The van der Waals surface area contributed by atoms with Gasteiger partial charge < -0.3 is 15.5 Å². The Morgan fingerprint density at radius 3 is 2.58 bits per heavy atom. The number of aromatic nitrogens is 2. The van der Waals surface area contributed by atoms with Crippen LogP contribution in [0.4, 0.5) is 5.95 Å². The van der Waals surface area contributed by atoms with Crippen LogP contribution >= 0.6 is 0 Å². The monoisotopic (exact) mass is 359 g/mol. The molecule has 0 spiro atoms. The first-order chi connectivity index (χ1) is 12.8. The molecule has 1 saturated heterocycles. The highest BCUT2D eigenvalue weighted by molar-refractivity contribution is 5.80. The Kier molecular flexibility index (Phi) is 7.49. The highest BCUT2D eigenvalue weighted by Gasteiger charge is 2.18. The third-order valence-corrected chi connectivity index (χ3v) is 5.15. The molecule has 0 amide bonds. The molecule has 0 radical (unpaired) electrons. The zero-order chi connectivity index (χ0) is 18.0. The van der Waals surface area contributed by atoms with Crippen LogP contribution in [0.25, 0.3) is 0 Å². The Morgan fingerprint density at radius 2 is 1.88 bits per heavy atom. The van der Waals surface area contributed by atoms with E-state index >= 15 is 0 Å². The third-order valence-electron chi connectivity index (χ3n) is 5.15. The lowest BCUT2D eigenvalue weighted by Crippen LogP contribution is -2.47. The van der Waals surface area contributed by atoms with Crippen LogP contribution in [0.3, 0.4) is 0 Å². The van der Waals surface area contributed by atoms with Crippen molar-refractivity contribution in [3.63, 3.8) is 0 Å². The van der Waals surface area contributed by atoms with E-state index in [0.717, 1.165) is 64.1 Å². The SMILES string of the molecule is CCNC(=NCCCN1CCN(c2ncccn2)CC1)NC1CCCC1. The summed E-state index contributed by atoms with van der Waals surface area (Å²) in [7, 11) is 0. The fourth-order valence-corrected chi connectivity index (χ4v) is 3.69. The van der Waals surface area contributed by atoms with Crippen molar-refractivity contribution in [2.75, 3.05) is 50.7 Å². The van der Waals surface area contributed by atoms with Gasteiger partial charge in [-0.05, 0) is 32.3 Å². The topological polar surface area (TPSA) is 68.7 Å². The van der Waals surface area contributed by atoms with Gasteiger partial charge in [-0.2, -0.15) is 0 Å². The van der Waals surface area contributed by atoms with Crippen LogP contribution in [0.15, 0.2) is 23.5 Å². The van der Waals surface area contributed by atoms with Crippen LogP contribution < -0.4 is 15.5 Å². The molecule has 144 valence electrons.